The van der Waals surface area contributed by atoms with Crippen molar-refractivity contribution in [3.63, 3.8) is 0 Å². The van der Waals surface area contributed by atoms with E-state index in [-0.39, 0.29) is 30.9 Å². The normalized spacial score (nSPS) is 11.4. The van der Waals surface area contributed by atoms with Crippen molar-refractivity contribution in [2.24, 2.45) is 5.92 Å². The number of hydrogen-bond acceptors (Lipinski definition) is 6. The summed E-state index contributed by atoms with van der Waals surface area (Å²) in [6.07, 6.45) is 3.39. The Morgan fingerprint density at radius 1 is 1.16 bits per heavy atom. The molecule has 1 aromatic carbocycles. The van der Waals surface area contributed by atoms with Gasteiger partial charge < -0.3 is 20.2 Å². The molecule has 0 spiro atoms. The van der Waals surface area contributed by atoms with Gasteiger partial charge in [-0.3, -0.25) is 19.6 Å². The van der Waals surface area contributed by atoms with E-state index >= 15 is 0 Å². The molecular formula is C22H27N3O7. The lowest BCUT2D eigenvalue weighted by Gasteiger charge is -2.19. The minimum Gasteiger partial charge on any atom is -0.478 e. The monoisotopic (exact) mass is 445 g/mol. The molecule has 172 valence electrons. The van der Waals surface area contributed by atoms with Crippen LogP contribution in [0.5, 0.6) is 0 Å². The molecule has 0 saturated heterocycles. The van der Waals surface area contributed by atoms with Crippen LogP contribution in [0.3, 0.4) is 0 Å². The summed E-state index contributed by atoms with van der Waals surface area (Å²) >= 11 is 0. The van der Waals surface area contributed by atoms with Crippen LogP contribution in [0.25, 0.3) is 11.3 Å². The first-order chi connectivity index (χ1) is 15.3. The largest absolute Gasteiger partial charge is 0.478 e. The summed E-state index contributed by atoms with van der Waals surface area (Å²) in [6.45, 7) is 1.72. The molecule has 0 bridgehead atoms. The van der Waals surface area contributed by atoms with Gasteiger partial charge in [-0.2, -0.15) is 0 Å². The van der Waals surface area contributed by atoms with E-state index in [0.717, 1.165) is 19.3 Å². The number of unbranched alkanes of at least 4 members (excludes halogenated alkanes) is 2. The average Bonchev–Trinajstić information content (AvgIpc) is 3.28. The van der Waals surface area contributed by atoms with Crippen molar-refractivity contribution in [2.45, 2.75) is 32.6 Å². The maximum atomic E-state index is 12.4. The summed E-state index contributed by atoms with van der Waals surface area (Å²) in [5, 5.41) is 24.0. The van der Waals surface area contributed by atoms with E-state index in [1.54, 1.807) is 18.2 Å². The highest BCUT2D eigenvalue weighted by molar-refractivity contribution is 5.93. The Bertz CT molecular complexity index is 941. The van der Waals surface area contributed by atoms with Crippen LogP contribution >= 0.6 is 0 Å². The number of hydroxylamine groups is 2. The van der Waals surface area contributed by atoms with Crippen molar-refractivity contribution in [2.75, 3.05) is 13.2 Å². The number of nitrogens with one attached hydrogen (secondary N) is 2. The Hall–Kier alpha value is -3.66. The maximum Gasteiger partial charge on any atom is 0.335 e. The standard InChI is InChI=1S/C22H27N3O7/c1-2-3-4-6-17(12-25(31)14-26)20(27)23-13-24-21(28)19-10-9-18(32-19)15-7-5-8-16(11-15)22(29)30/h5,7-11,14,17,31H,2-4,6,12-13H2,1H3,(H,23,27)(H,24,28)(H,29,30)/t17-/m1/s1. The topological polar surface area (TPSA) is 149 Å². The van der Waals surface area contributed by atoms with Crippen molar-refractivity contribution in [3.8, 4) is 11.3 Å². The number of carbonyl (C=O) groups is 4. The van der Waals surface area contributed by atoms with Gasteiger partial charge in [0.1, 0.15) is 5.76 Å². The maximum absolute atomic E-state index is 12.4. The molecule has 0 aliphatic rings. The van der Waals surface area contributed by atoms with E-state index in [1.807, 2.05) is 6.92 Å². The molecule has 1 heterocycles. The number of rotatable bonds is 13. The van der Waals surface area contributed by atoms with Gasteiger partial charge in [-0.1, -0.05) is 38.3 Å². The van der Waals surface area contributed by atoms with E-state index in [9.17, 15) is 24.4 Å². The number of nitrogens with zero attached hydrogens (tertiary/aromatic N) is 1. The number of amides is 3. The zero-order valence-electron chi connectivity index (χ0n) is 17.7. The van der Waals surface area contributed by atoms with Gasteiger partial charge in [0.25, 0.3) is 5.91 Å². The van der Waals surface area contributed by atoms with Gasteiger partial charge in [-0.15, -0.1) is 0 Å². The Balaban J connectivity index is 1.91. The summed E-state index contributed by atoms with van der Waals surface area (Å²) in [7, 11) is 0. The van der Waals surface area contributed by atoms with E-state index < -0.39 is 23.7 Å². The summed E-state index contributed by atoms with van der Waals surface area (Å²) < 4.78 is 5.51. The molecule has 2 aromatic rings. The second kappa shape index (κ2) is 12.3. The van der Waals surface area contributed by atoms with Crippen LogP contribution in [0.4, 0.5) is 0 Å². The Morgan fingerprint density at radius 3 is 2.62 bits per heavy atom. The van der Waals surface area contributed by atoms with Crippen LogP contribution in [0, 0.1) is 5.92 Å². The van der Waals surface area contributed by atoms with Crippen molar-refractivity contribution in [3.05, 3.63) is 47.7 Å². The lowest BCUT2D eigenvalue weighted by atomic mass is 10.0. The third kappa shape index (κ3) is 7.24. The van der Waals surface area contributed by atoms with Crippen LogP contribution in [0.1, 0.15) is 53.5 Å². The zero-order valence-corrected chi connectivity index (χ0v) is 17.7. The summed E-state index contributed by atoms with van der Waals surface area (Å²) in [4.78, 5) is 46.5. The molecule has 32 heavy (non-hydrogen) atoms. The number of furan rings is 1. The molecule has 0 unspecified atom stereocenters. The molecule has 0 radical (unpaired) electrons. The molecule has 10 heteroatoms. The minimum absolute atomic E-state index is 0.00281. The Labute approximate surface area is 185 Å². The number of carboxylic acids is 1. The van der Waals surface area contributed by atoms with Crippen molar-refractivity contribution >= 4 is 24.2 Å². The number of hydrogen-bond donors (Lipinski definition) is 4. The van der Waals surface area contributed by atoms with Gasteiger partial charge in [0.2, 0.25) is 12.3 Å². The predicted octanol–water partition coefficient (Wildman–Crippen LogP) is 2.49. The molecule has 3 amide bonds. The van der Waals surface area contributed by atoms with Crippen LogP contribution < -0.4 is 10.6 Å². The number of benzene rings is 1. The fourth-order valence-corrected chi connectivity index (χ4v) is 3.08. The fourth-order valence-electron chi connectivity index (χ4n) is 3.08. The molecule has 2 rings (SSSR count). The first-order valence-electron chi connectivity index (χ1n) is 10.3. The first-order valence-corrected chi connectivity index (χ1v) is 10.3. The van der Waals surface area contributed by atoms with Gasteiger partial charge in [0, 0.05) is 5.56 Å². The molecule has 1 atom stereocenters. The second-order valence-electron chi connectivity index (χ2n) is 7.19. The molecule has 0 aliphatic carbocycles. The van der Waals surface area contributed by atoms with Crippen LogP contribution in [0.2, 0.25) is 0 Å². The van der Waals surface area contributed by atoms with Gasteiger partial charge in [-0.25, -0.2) is 9.86 Å². The summed E-state index contributed by atoms with van der Waals surface area (Å²) in [5.74, 6) is -2.31. The highest BCUT2D eigenvalue weighted by atomic mass is 16.5. The highest BCUT2D eigenvalue weighted by Gasteiger charge is 2.21. The van der Waals surface area contributed by atoms with Gasteiger partial charge in [-0.05, 0) is 30.7 Å². The molecule has 0 aliphatic heterocycles. The smallest absolute Gasteiger partial charge is 0.335 e. The molecule has 4 N–H and O–H groups in total. The van der Waals surface area contributed by atoms with Crippen molar-refractivity contribution in [1.29, 1.82) is 0 Å². The van der Waals surface area contributed by atoms with Crippen molar-refractivity contribution < 1.29 is 33.9 Å². The van der Waals surface area contributed by atoms with Crippen LogP contribution in [-0.2, 0) is 9.59 Å². The number of carboxylic acid groups (broad SMARTS) is 1. The quantitative estimate of drug-likeness (QED) is 0.122. The van der Waals surface area contributed by atoms with Gasteiger partial charge in [0.15, 0.2) is 5.76 Å². The van der Waals surface area contributed by atoms with Crippen LogP contribution in [-0.4, -0.2) is 52.8 Å². The predicted molar refractivity (Wildman–Crippen MR) is 114 cm³/mol. The van der Waals surface area contributed by atoms with E-state index in [1.165, 1.54) is 18.2 Å². The molecular weight excluding hydrogens is 418 g/mol. The third-order valence-corrected chi connectivity index (χ3v) is 4.79. The number of aromatic carboxylic acids is 1. The lowest BCUT2D eigenvalue weighted by molar-refractivity contribution is -0.154. The Morgan fingerprint density at radius 2 is 1.94 bits per heavy atom. The summed E-state index contributed by atoms with van der Waals surface area (Å²) in [6, 6.07) is 9.12. The van der Waals surface area contributed by atoms with E-state index in [0.29, 0.717) is 22.8 Å². The molecule has 0 fully saturated rings. The Kier molecular flexibility index (Phi) is 9.43. The fraction of sp³-hybridized carbons (Fsp3) is 0.364. The van der Waals surface area contributed by atoms with E-state index in [2.05, 4.69) is 10.6 Å². The summed E-state index contributed by atoms with van der Waals surface area (Å²) in [5.41, 5.74) is 0.605. The molecule has 0 saturated carbocycles. The van der Waals surface area contributed by atoms with Crippen molar-refractivity contribution in [1.82, 2.24) is 15.7 Å². The molecule has 10 nitrogen and oxygen atoms in total. The van der Waals surface area contributed by atoms with E-state index in [4.69, 9.17) is 9.52 Å². The minimum atomic E-state index is -1.07. The van der Waals surface area contributed by atoms with Gasteiger partial charge in [0.05, 0.1) is 24.7 Å². The van der Waals surface area contributed by atoms with Crippen LogP contribution in [0.15, 0.2) is 40.8 Å². The third-order valence-electron chi connectivity index (χ3n) is 4.79. The first kappa shape index (κ1) is 24.6. The number of carbonyl (C=O) groups excluding carboxylic acids is 3. The lowest BCUT2D eigenvalue weighted by Crippen LogP contribution is -2.42. The second-order valence-corrected chi connectivity index (χ2v) is 7.19. The zero-order chi connectivity index (χ0) is 23.5. The highest BCUT2D eigenvalue weighted by Crippen LogP contribution is 2.23. The SMILES string of the molecule is CCCCC[C@H](CN(O)C=O)C(=O)NCNC(=O)c1ccc(-c2cccc(C(=O)O)c2)o1. The molecule has 1 aromatic heterocycles. The van der Waals surface area contributed by atoms with Gasteiger partial charge >= 0.3 is 5.97 Å². The average molecular weight is 445 g/mol.